The van der Waals surface area contributed by atoms with Crippen LogP contribution in [0.25, 0.3) is 0 Å². The molecule has 82 valence electrons. The molecule has 1 aliphatic rings. The quantitative estimate of drug-likeness (QED) is 0.599. The first-order valence-corrected chi connectivity index (χ1v) is 5.64. The monoisotopic (exact) mass is 206 g/mol. The molecular formula is C14H19F. The highest BCUT2D eigenvalue weighted by molar-refractivity contribution is 5.45. The van der Waals surface area contributed by atoms with Crippen molar-refractivity contribution in [1.82, 2.24) is 0 Å². The zero-order valence-corrected chi connectivity index (χ0v) is 10.0. The maximum absolute atomic E-state index is 14.2. The third-order valence-corrected chi connectivity index (χ3v) is 3.39. The Morgan fingerprint density at radius 2 is 1.93 bits per heavy atom. The standard InChI is InChI=1S/C14H19F/c1-13(2,3)11-6-5-7-12-10(11)8-9-14(12,4)15/h5-7H,8-9H2,1-4H3. The van der Waals surface area contributed by atoms with Gasteiger partial charge in [0.1, 0.15) is 5.67 Å². The summed E-state index contributed by atoms with van der Waals surface area (Å²) in [5.41, 5.74) is 2.47. The Kier molecular flexibility index (Phi) is 2.18. The van der Waals surface area contributed by atoms with Gasteiger partial charge in [-0.25, -0.2) is 4.39 Å². The molecular weight excluding hydrogens is 187 g/mol. The lowest BCUT2D eigenvalue weighted by Gasteiger charge is -2.23. The summed E-state index contributed by atoms with van der Waals surface area (Å²) in [6.45, 7) is 8.27. The first kappa shape index (κ1) is 10.7. The lowest BCUT2D eigenvalue weighted by molar-refractivity contribution is 0.194. The Balaban J connectivity index is 2.60. The van der Waals surface area contributed by atoms with Crippen LogP contribution in [0.2, 0.25) is 0 Å². The fourth-order valence-electron chi connectivity index (χ4n) is 2.54. The molecule has 1 aromatic carbocycles. The Morgan fingerprint density at radius 3 is 2.53 bits per heavy atom. The lowest BCUT2D eigenvalue weighted by atomic mass is 9.82. The van der Waals surface area contributed by atoms with Crippen molar-refractivity contribution in [3.63, 3.8) is 0 Å². The summed E-state index contributed by atoms with van der Waals surface area (Å²) >= 11 is 0. The molecule has 0 aliphatic heterocycles. The molecule has 0 nitrogen and oxygen atoms in total. The Bertz CT molecular complexity index is 383. The summed E-state index contributed by atoms with van der Waals surface area (Å²) in [5.74, 6) is 0. The molecule has 15 heavy (non-hydrogen) atoms. The highest BCUT2D eigenvalue weighted by Crippen LogP contribution is 2.43. The molecule has 0 fully saturated rings. The van der Waals surface area contributed by atoms with Crippen molar-refractivity contribution in [2.75, 3.05) is 0 Å². The summed E-state index contributed by atoms with van der Waals surface area (Å²) in [5, 5.41) is 0. The van der Waals surface area contributed by atoms with Gasteiger partial charge >= 0.3 is 0 Å². The van der Waals surface area contributed by atoms with Crippen LogP contribution in [-0.4, -0.2) is 0 Å². The molecule has 0 saturated heterocycles. The largest absolute Gasteiger partial charge is 0.239 e. The average molecular weight is 206 g/mol. The van der Waals surface area contributed by atoms with E-state index in [0.717, 1.165) is 12.0 Å². The zero-order chi connectivity index (χ0) is 11.3. The van der Waals surface area contributed by atoms with Crippen LogP contribution < -0.4 is 0 Å². The van der Waals surface area contributed by atoms with E-state index < -0.39 is 5.67 Å². The van der Waals surface area contributed by atoms with Crippen molar-refractivity contribution in [2.45, 2.75) is 51.6 Å². The molecule has 0 amide bonds. The van der Waals surface area contributed by atoms with E-state index in [-0.39, 0.29) is 5.41 Å². The molecule has 2 rings (SSSR count). The fourth-order valence-corrected chi connectivity index (χ4v) is 2.54. The highest BCUT2D eigenvalue weighted by Gasteiger charge is 2.36. The molecule has 0 saturated carbocycles. The van der Waals surface area contributed by atoms with Gasteiger partial charge in [0.05, 0.1) is 0 Å². The van der Waals surface area contributed by atoms with Crippen LogP contribution in [0.4, 0.5) is 4.39 Å². The van der Waals surface area contributed by atoms with Crippen molar-refractivity contribution in [1.29, 1.82) is 0 Å². The molecule has 0 aromatic heterocycles. The van der Waals surface area contributed by atoms with Crippen molar-refractivity contribution in [2.24, 2.45) is 0 Å². The molecule has 0 radical (unpaired) electrons. The number of hydrogen-bond acceptors (Lipinski definition) is 0. The maximum atomic E-state index is 14.2. The maximum Gasteiger partial charge on any atom is 0.133 e. The van der Waals surface area contributed by atoms with E-state index in [4.69, 9.17) is 0 Å². The van der Waals surface area contributed by atoms with Gasteiger partial charge in [-0.1, -0.05) is 39.0 Å². The van der Waals surface area contributed by atoms with Crippen LogP contribution in [0.5, 0.6) is 0 Å². The predicted octanol–water partition coefficient (Wildman–Crippen LogP) is 4.12. The summed E-state index contributed by atoms with van der Waals surface area (Å²) in [6.07, 6.45) is 1.52. The second kappa shape index (κ2) is 3.07. The summed E-state index contributed by atoms with van der Waals surface area (Å²) in [7, 11) is 0. The number of benzene rings is 1. The van der Waals surface area contributed by atoms with E-state index in [9.17, 15) is 4.39 Å². The second-order valence-electron chi connectivity index (χ2n) is 5.78. The second-order valence-corrected chi connectivity index (χ2v) is 5.78. The summed E-state index contributed by atoms with van der Waals surface area (Å²) in [6, 6.07) is 6.07. The molecule has 0 spiro atoms. The normalized spacial score (nSPS) is 25.4. The third-order valence-electron chi connectivity index (χ3n) is 3.39. The van der Waals surface area contributed by atoms with E-state index in [0.29, 0.717) is 6.42 Å². The van der Waals surface area contributed by atoms with Crippen molar-refractivity contribution in [3.05, 3.63) is 34.9 Å². The Labute approximate surface area is 91.5 Å². The van der Waals surface area contributed by atoms with E-state index in [1.165, 1.54) is 11.1 Å². The van der Waals surface area contributed by atoms with Crippen LogP contribution in [0, 0.1) is 0 Å². The van der Waals surface area contributed by atoms with Crippen LogP contribution in [0.3, 0.4) is 0 Å². The average Bonchev–Trinajstić information content (AvgIpc) is 2.41. The molecule has 1 unspecified atom stereocenters. The highest BCUT2D eigenvalue weighted by atomic mass is 19.1. The van der Waals surface area contributed by atoms with Gasteiger partial charge in [0.15, 0.2) is 0 Å². The van der Waals surface area contributed by atoms with Gasteiger partial charge in [-0.2, -0.15) is 0 Å². The predicted molar refractivity (Wildman–Crippen MR) is 61.9 cm³/mol. The third kappa shape index (κ3) is 1.68. The zero-order valence-electron chi connectivity index (χ0n) is 10.0. The van der Waals surface area contributed by atoms with Crippen LogP contribution in [-0.2, 0) is 17.5 Å². The number of rotatable bonds is 0. The van der Waals surface area contributed by atoms with Crippen molar-refractivity contribution >= 4 is 0 Å². The minimum Gasteiger partial charge on any atom is -0.239 e. The smallest absolute Gasteiger partial charge is 0.133 e. The number of hydrogen-bond donors (Lipinski definition) is 0. The SMILES string of the molecule is CC(C)(C)c1cccc2c1CCC2(C)F. The van der Waals surface area contributed by atoms with Crippen LogP contribution >= 0.6 is 0 Å². The van der Waals surface area contributed by atoms with Crippen LogP contribution in [0.15, 0.2) is 18.2 Å². The minimum atomic E-state index is -1.11. The van der Waals surface area contributed by atoms with Crippen molar-refractivity contribution < 1.29 is 4.39 Å². The molecule has 1 atom stereocenters. The Morgan fingerprint density at radius 1 is 1.27 bits per heavy atom. The van der Waals surface area contributed by atoms with Gasteiger partial charge in [0, 0.05) is 0 Å². The van der Waals surface area contributed by atoms with Gasteiger partial charge in [-0.05, 0) is 41.9 Å². The molecule has 1 aromatic rings. The van der Waals surface area contributed by atoms with Gasteiger partial charge in [0.25, 0.3) is 0 Å². The number of fused-ring (bicyclic) bond motifs is 1. The molecule has 1 aliphatic carbocycles. The van der Waals surface area contributed by atoms with E-state index in [1.807, 2.05) is 12.1 Å². The molecule has 0 heterocycles. The summed E-state index contributed by atoms with van der Waals surface area (Å²) < 4.78 is 14.2. The van der Waals surface area contributed by atoms with Gasteiger partial charge in [0.2, 0.25) is 0 Å². The molecule has 0 N–H and O–H groups in total. The fraction of sp³-hybridized carbons (Fsp3) is 0.571. The first-order valence-electron chi connectivity index (χ1n) is 5.64. The van der Waals surface area contributed by atoms with E-state index >= 15 is 0 Å². The number of alkyl halides is 1. The van der Waals surface area contributed by atoms with Gasteiger partial charge < -0.3 is 0 Å². The number of halogens is 1. The van der Waals surface area contributed by atoms with Gasteiger partial charge in [-0.3, -0.25) is 0 Å². The lowest BCUT2D eigenvalue weighted by Crippen LogP contribution is -2.15. The minimum absolute atomic E-state index is 0.117. The van der Waals surface area contributed by atoms with Crippen molar-refractivity contribution in [3.8, 4) is 0 Å². The van der Waals surface area contributed by atoms with Gasteiger partial charge in [-0.15, -0.1) is 0 Å². The van der Waals surface area contributed by atoms with E-state index in [1.54, 1.807) is 6.92 Å². The van der Waals surface area contributed by atoms with Crippen LogP contribution in [0.1, 0.15) is 50.8 Å². The first-order chi connectivity index (χ1) is 6.82. The topological polar surface area (TPSA) is 0 Å². The van der Waals surface area contributed by atoms with E-state index in [2.05, 4.69) is 26.8 Å². The summed E-state index contributed by atoms with van der Waals surface area (Å²) in [4.78, 5) is 0. The Hall–Kier alpha value is -0.850. The molecule has 1 heteroatoms. The molecule has 0 bridgehead atoms.